The van der Waals surface area contributed by atoms with Crippen LogP contribution in [0, 0.1) is 18.6 Å². The highest BCUT2D eigenvalue weighted by Crippen LogP contribution is 2.32. The van der Waals surface area contributed by atoms with Gasteiger partial charge in [0.15, 0.2) is 5.82 Å². The SMILES string of the molecule is Cc1c(Cc2nc3c(F)c(P)cc(F)c3s2)c2ccccc2n1CC(=O)O. The Hall–Kier alpha value is -2.37. The number of aliphatic carboxylic acids is 1. The van der Waals surface area contributed by atoms with Crippen LogP contribution in [0.1, 0.15) is 16.3 Å². The van der Waals surface area contributed by atoms with Gasteiger partial charge in [0.05, 0.1) is 9.71 Å². The minimum absolute atomic E-state index is 0.0342. The highest BCUT2D eigenvalue weighted by atomic mass is 32.1. The molecule has 27 heavy (non-hydrogen) atoms. The quantitative estimate of drug-likeness (QED) is 0.523. The van der Waals surface area contributed by atoms with E-state index in [9.17, 15) is 18.7 Å². The molecule has 1 atom stereocenters. The molecule has 0 spiro atoms. The molecule has 0 bridgehead atoms. The topological polar surface area (TPSA) is 55.1 Å². The molecule has 4 rings (SSSR count). The van der Waals surface area contributed by atoms with Gasteiger partial charge in [-0.1, -0.05) is 18.2 Å². The molecule has 0 amide bonds. The summed E-state index contributed by atoms with van der Waals surface area (Å²) >= 11 is 1.12. The minimum Gasteiger partial charge on any atom is -0.480 e. The lowest BCUT2D eigenvalue weighted by molar-refractivity contribution is -0.137. The molecule has 1 N–H and O–H groups in total. The standard InChI is InChI=1S/C19H15F2N2O2PS/c1-9-11(10-4-2-3-5-13(10)23(9)8-16(24)25)6-15-22-18-17(21)14(26)7-12(20)19(18)27-15/h2-5,7H,6,8,26H2,1H3,(H,24,25). The van der Waals surface area contributed by atoms with Gasteiger partial charge in [-0.05, 0) is 24.6 Å². The largest absolute Gasteiger partial charge is 0.480 e. The molecule has 4 nitrogen and oxygen atoms in total. The van der Waals surface area contributed by atoms with Crippen molar-refractivity contribution in [2.45, 2.75) is 19.9 Å². The van der Waals surface area contributed by atoms with Crippen molar-refractivity contribution in [2.75, 3.05) is 0 Å². The Morgan fingerprint density at radius 3 is 2.81 bits per heavy atom. The van der Waals surface area contributed by atoms with Crippen LogP contribution in [-0.4, -0.2) is 20.6 Å². The molecule has 138 valence electrons. The Morgan fingerprint density at radius 1 is 1.33 bits per heavy atom. The third kappa shape index (κ3) is 3.01. The van der Waals surface area contributed by atoms with Crippen molar-refractivity contribution in [3.05, 3.63) is 58.2 Å². The fourth-order valence-electron chi connectivity index (χ4n) is 3.37. The van der Waals surface area contributed by atoms with Crippen LogP contribution in [-0.2, 0) is 17.8 Å². The molecule has 2 aromatic carbocycles. The summed E-state index contributed by atoms with van der Waals surface area (Å²) in [6, 6.07) is 8.67. The van der Waals surface area contributed by atoms with E-state index in [1.165, 1.54) is 0 Å². The molecule has 0 aliphatic carbocycles. The van der Waals surface area contributed by atoms with Gasteiger partial charge in [-0.25, -0.2) is 13.8 Å². The lowest BCUT2D eigenvalue weighted by atomic mass is 10.1. The van der Waals surface area contributed by atoms with Crippen LogP contribution in [0.25, 0.3) is 21.1 Å². The molecule has 2 aromatic heterocycles. The predicted molar refractivity (Wildman–Crippen MR) is 106 cm³/mol. The Morgan fingerprint density at radius 2 is 2.07 bits per heavy atom. The van der Waals surface area contributed by atoms with Gasteiger partial charge in [-0.2, -0.15) is 0 Å². The number of rotatable bonds is 4. The third-order valence-electron chi connectivity index (χ3n) is 4.61. The van der Waals surface area contributed by atoms with Crippen LogP contribution < -0.4 is 5.30 Å². The van der Waals surface area contributed by atoms with E-state index in [4.69, 9.17) is 0 Å². The zero-order valence-electron chi connectivity index (χ0n) is 14.3. The molecule has 0 saturated heterocycles. The normalized spacial score (nSPS) is 11.6. The van der Waals surface area contributed by atoms with E-state index in [0.29, 0.717) is 11.4 Å². The Bertz CT molecular complexity index is 1220. The molecule has 0 fully saturated rings. The van der Waals surface area contributed by atoms with Crippen LogP contribution in [0.2, 0.25) is 0 Å². The van der Waals surface area contributed by atoms with Gasteiger partial charge in [0.25, 0.3) is 0 Å². The second-order valence-corrected chi connectivity index (χ2v) is 7.99. The predicted octanol–water partition coefficient (Wildman–Crippen LogP) is 4.01. The minimum atomic E-state index is -0.928. The zero-order valence-corrected chi connectivity index (χ0v) is 16.3. The van der Waals surface area contributed by atoms with Crippen LogP contribution in [0.3, 0.4) is 0 Å². The number of carboxylic acids is 1. The van der Waals surface area contributed by atoms with Crippen molar-refractivity contribution in [1.29, 1.82) is 0 Å². The average Bonchev–Trinajstić information content (AvgIpc) is 3.16. The van der Waals surface area contributed by atoms with Crippen molar-refractivity contribution in [1.82, 2.24) is 9.55 Å². The van der Waals surface area contributed by atoms with Crippen molar-refractivity contribution in [2.24, 2.45) is 0 Å². The van der Waals surface area contributed by atoms with Gasteiger partial charge >= 0.3 is 5.97 Å². The Kier molecular flexibility index (Phi) is 4.44. The van der Waals surface area contributed by atoms with E-state index in [1.54, 1.807) is 4.57 Å². The first-order chi connectivity index (χ1) is 12.9. The number of thiazole rings is 1. The highest BCUT2D eigenvalue weighted by molar-refractivity contribution is 7.27. The molecular formula is C19H15F2N2O2PS. The van der Waals surface area contributed by atoms with Crippen molar-refractivity contribution in [3.8, 4) is 0 Å². The summed E-state index contributed by atoms with van der Waals surface area (Å²) in [6.07, 6.45) is 0.378. The summed E-state index contributed by atoms with van der Waals surface area (Å²) in [6.45, 7) is 1.71. The number of nitrogens with zero attached hydrogens (tertiary/aromatic N) is 2. The summed E-state index contributed by atoms with van der Waals surface area (Å²) in [5.74, 6) is -1.96. The number of para-hydroxylation sites is 1. The number of aromatic nitrogens is 2. The highest BCUT2D eigenvalue weighted by Gasteiger charge is 2.19. The number of carboxylic acid groups (broad SMARTS) is 1. The maximum absolute atomic E-state index is 14.3. The van der Waals surface area contributed by atoms with Gasteiger partial charge in [0.2, 0.25) is 0 Å². The molecule has 8 heteroatoms. The number of carbonyl (C=O) groups is 1. The summed E-state index contributed by atoms with van der Waals surface area (Å²) < 4.78 is 30.4. The van der Waals surface area contributed by atoms with Gasteiger partial charge in [-0.3, -0.25) is 4.79 Å². The third-order valence-corrected chi connectivity index (χ3v) is 6.10. The first-order valence-electron chi connectivity index (χ1n) is 8.18. The Balaban J connectivity index is 1.86. The summed E-state index contributed by atoms with van der Waals surface area (Å²) in [7, 11) is 2.18. The molecule has 0 radical (unpaired) electrons. The second-order valence-electron chi connectivity index (χ2n) is 6.28. The number of hydrogen-bond acceptors (Lipinski definition) is 3. The van der Waals surface area contributed by atoms with Crippen LogP contribution in [0.5, 0.6) is 0 Å². The fraction of sp³-hybridized carbons (Fsp3) is 0.158. The van der Waals surface area contributed by atoms with Crippen molar-refractivity contribution >= 4 is 53.0 Å². The molecular weight excluding hydrogens is 389 g/mol. The van der Waals surface area contributed by atoms with E-state index in [1.807, 2.05) is 31.2 Å². The lowest BCUT2D eigenvalue weighted by Gasteiger charge is -2.04. The number of benzene rings is 2. The fourth-order valence-corrected chi connectivity index (χ4v) is 4.63. The monoisotopic (exact) mass is 404 g/mol. The first kappa shape index (κ1) is 18.0. The molecule has 0 saturated carbocycles. The molecule has 2 heterocycles. The zero-order chi connectivity index (χ0) is 19.3. The smallest absolute Gasteiger partial charge is 0.323 e. The summed E-state index contributed by atoms with van der Waals surface area (Å²) in [4.78, 5) is 15.6. The maximum atomic E-state index is 14.3. The van der Waals surface area contributed by atoms with E-state index in [-0.39, 0.29) is 22.1 Å². The molecule has 1 unspecified atom stereocenters. The first-order valence-corrected chi connectivity index (χ1v) is 9.57. The van der Waals surface area contributed by atoms with E-state index < -0.39 is 17.6 Å². The van der Waals surface area contributed by atoms with Gasteiger partial charge in [0.1, 0.15) is 17.9 Å². The van der Waals surface area contributed by atoms with E-state index in [0.717, 1.165) is 39.6 Å². The molecule has 0 aliphatic heterocycles. The van der Waals surface area contributed by atoms with Gasteiger partial charge < -0.3 is 9.67 Å². The summed E-state index contributed by atoms with van der Waals surface area (Å²) in [5.41, 5.74) is 2.58. The maximum Gasteiger partial charge on any atom is 0.323 e. The lowest BCUT2D eigenvalue weighted by Crippen LogP contribution is -2.10. The van der Waals surface area contributed by atoms with E-state index >= 15 is 0 Å². The number of hydrogen-bond donors (Lipinski definition) is 1. The van der Waals surface area contributed by atoms with Crippen LogP contribution >= 0.6 is 20.6 Å². The van der Waals surface area contributed by atoms with Gasteiger partial charge in [-0.15, -0.1) is 20.6 Å². The van der Waals surface area contributed by atoms with Crippen LogP contribution in [0.15, 0.2) is 30.3 Å². The van der Waals surface area contributed by atoms with Gasteiger partial charge in [0, 0.05) is 28.3 Å². The Labute approximate surface area is 159 Å². The van der Waals surface area contributed by atoms with Crippen LogP contribution in [0.4, 0.5) is 8.78 Å². The van der Waals surface area contributed by atoms with E-state index in [2.05, 4.69) is 14.2 Å². The number of halogens is 2. The molecule has 4 aromatic rings. The molecule has 0 aliphatic rings. The average molecular weight is 404 g/mol. The van der Waals surface area contributed by atoms with Crippen molar-refractivity contribution < 1.29 is 18.7 Å². The summed E-state index contributed by atoms with van der Waals surface area (Å²) in [5, 5.41) is 10.9. The second kappa shape index (κ2) is 6.66. The number of fused-ring (bicyclic) bond motifs is 2. The van der Waals surface area contributed by atoms with Crippen molar-refractivity contribution in [3.63, 3.8) is 0 Å².